The summed E-state index contributed by atoms with van der Waals surface area (Å²) < 4.78 is 18.5. The molecule has 0 atom stereocenters. The molecule has 0 unspecified atom stereocenters. The number of halogens is 2. The zero-order valence-corrected chi connectivity index (χ0v) is 18.2. The monoisotopic (exact) mass is 434 g/mol. The second-order valence-corrected chi connectivity index (χ2v) is 7.42. The summed E-state index contributed by atoms with van der Waals surface area (Å²) in [6.45, 7) is 15.7. The molecular weight excluding hydrogens is 407 g/mol. The fourth-order valence-corrected chi connectivity index (χ4v) is 2.17. The molecule has 0 radical (unpaired) electrons. The van der Waals surface area contributed by atoms with Crippen LogP contribution >= 0.6 is 11.6 Å². The third-order valence-electron chi connectivity index (χ3n) is 4.02. The minimum absolute atomic E-state index is 0.0286. The van der Waals surface area contributed by atoms with Crippen molar-refractivity contribution in [2.24, 2.45) is 5.92 Å². The molecule has 5 nitrogen and oxygen atoms in total. The molecule has 1 rings (SSSR count). The Morgan fingerprint density at radius 3 is 2.50 bits per heavy atom. The maximum absolute atomic E-state index is 13.3. The van der Waals surface area contributed by atoms with E-state index in [1.165, 1.54) is 12.1 Å². The molecule has 162 valence electrons. The van der Waals surface area contributed by atoms with E-state index in [9.17, 15) is 14.0 Å². The van der Waals surface area contributed by atoms with Crippen molar-refractivity contribution < 1.29 is 18.7 Å². The molecule has 0 saturated heterocycles. The standard InChI is InChI=1S/C23H28ClFN2O3/c1-15(2)17(4)7-6-16(3)13-26-22(28)11-8-18(5)27-23(29)14-30-19-9-10-20(24)21(25)12-19/h6-7,9-10,12,15H,3-5,8,11,13-14H2,1-2H3,(H,26,28)(H,27,29)/b7-6-. The summed E-state index contributed by atoms with van der Waals surface area (Å²) in [5.74, 6) is -0.742. The van der Waals surface area contributed by atoms with Crippen molar-refractivity contribution >= 4 is 23.4 Å². The van der Waals surface area contributed by atoms with E-state index in [0.29, 0.717) is 18.2 Å². The van der Waals surface area contributed by atoms with E-state index < -0.39 is 11.7 Å². The van der Waals surface area contributed by atoms with E-state index in [1.54, 1.807) is 0 Å². The molecule has 0 saturated carbocycles. The highest BCUT2D eigenvalue weighted by Crippen LogP contribution is 2.20. The Kier molecular flexibility index (Phi) is 10.6. The Balaban J connectivity index is 2.27. The number of ether oxygens (including phenoxy) is 1. The van der Waals surface area contributed by atoms with Crippen molar-refractivity contribution in [2.45, 2.75) is 26.7 Å². The first-order valence-corrected chi connectivity index (χ1v) is 9.83. The van der Waals surface area contributed by atoms with E-state index in [4.69, 9.17) is 16.3 Å². The van der Waals surface area contributed by atoms with Crippen LogP contribution in [0.25, 0.3) is 0 Å². The lowest BCUT2D eigenvalue weighted by Gasteiger charge is -2.10. The molecule has 0 heterocycles. The zero-order chi connectivity index (χ0) is 22.7. The lowest BCUT2D eigenvalue weighted by molar-refractivity contribution is -0.123. The van der Waals surface area contributed by atoms with Gasteiger partial charge in [-0.3, -0.25) is 9.59 Å². The predicted molar refractivity (Wildman–Crippen MR) is 119 cm³/mol. The highest BCUT2D eigenvalue weighted by atomic mass is 35.5. The topological polar surface area (TPSA) is 67.4 Å². The third-order valence-corrected chi connectivity index (χ3v) is 4.32. The molecule has 0 aromatic heterocycles. The summed E-state index contributed by atoms with van der Waals surface area (Å²) in [4.78, 5) is 23.8. The van der Waals surface area contributed by atoms with Gasteiger partial charge in [0, 0.05) is 24.7 Å². The minimum Gasteiger partial charge on any atom is -0.484 e. The summed E-state index contributed by atoms with van der Waals surface area (Å²) in [6, 6.07) is 3.89. The second-order valence-electron chi connectivity index (χ2n) is 7.01. The Hall–Kier alpha value is -2.86. The average Bonchev–Trinajstić information content (AvgIpc) is 2.69. The molecule has 0 bridgehead atoms. The molecule has 1 aromatic rings. The molecule has 1 aromatic carbocycles. The number of carbonyl (C=O) groups is 2. The van der Waals surface area contributed by atoms with Crippen LogP contribution in [0.15, 0.2) is 66.9 Å². The summed E-state index contributed by atoms with van der Waals surface area (Å²) >= 11 is 5.59. The zero-order valence-electron chi connectivity index (χ0n) is 17.4. The van der Waals surface area contributed by atoms with Gasteiger partial charge in [0.1, 0.15) is 11.6 Å². The lowest BCUT2D eigenvalue weighted by atomic mass is 10.0. The first kappa shape index (κ1) is 25.2. The van der Waals surface area contributed by atoms with Crippen LogP contribution in [0.1, 0.15) is 26.7 Å². The van der Waals surface area contributed by atoms with Gasteiger partial charge in [0.05, 0.1) is 5.02 Å². The molecule has 0 aliphatic rings. The number of nitrogens with one attached hydrogen (secondary N) is 2. The number of benzene rings is 1. The van der Waals surface area contributed by atoms with Gasteiger partial charge < -0.3 is 15.4 Å². The Morgan fingerprint density at radius 2 is 1.87 bits per heavy atom. The molecular formula is C23H28ClFN2O3. The first-order valence-electron chi connectivity index (χ1n) is 9.45. The maximum atomic E-state index is 13.3. The van der Waals surface area contributed by atoms with Gasteiger partial charge in [0.15, 0.2) is 6.61 Å². The smallest absolute Gasteiger partial charge is 0.262 e. The molecule has 0 aliphatic heterocycles. The summed E-state index contributed by atoms with van der Waals surface area (Å²) in [5.41, 5.74) is 2.13. The van der Waals surface area contributed by atoms with E-state index in [-0.39, 0.29) is 36.1 Å². The van der Waals surface area contributed by atoms with E-state index in [2.05, 4.69) is 30.4 Å². The molecule has 0 fully saturated rings. The summed E-state index contributed by atoms with van der Waals surface area (Å²) in [5, 5.41) is 5.27. The Labute approximate surface area is 182 Å². The molecule has 0 spiro atoms. The highest BCUT2D eigenvalue weighted by molar-refractivity contribution is 6.30. The summed E-state index contributed by atoms with van der Waals surface area (Å²) in [7, 11) is 0. The van der Waals surface area contributed by atoms with Gasteiger partial charge in [0.2, 0.25) is 5.91 Å². The molecule has 7 heteroatoms. The normalized spacial score (nSPS) is 10.7. The molecule has 2 amide bonds. The maximum Gasteiger partial charge on any atom is 0.262 e. The van der Waals surface area contributed by atoms with Gasteiger partial charge in [-0.25, -0.2) is 4.39 Å². The van der Waals surface area contributed by atoms with Crippen LogP contribution in [0.2, 0.25) is 5.02 Å². The van der Waals surface area contributed by atoms with Gasteiger partial charge >= 0.3 is 0 Å². The Bertz CT molecular complexity index is 847. The molecule has 0 aliphatic carbocycles. The van der Waals surface area contributed by atoms with Gasteiger partial charge in [-0.15, -0.1) is 0 Å². The molecule has 30 heavy (non-hydrogen) atoms. The van der Waals surface area contributed by atoms with Crippen molar-refractivity contribution in [3.8, 4) is 5.75 Å². The predicted octanol–water partition coefficient (Wildman–Crippen LogP) is 4.71. The fraction of sp³-hybridized carbons (Fsp3) is 0.304. The fourth-order valence-electron chi connectivity index (χ4n) is 2.05. The largest absolute Gasteiger partial charge is 0.484 e. The SMILES string of the molecule is C=C(/C=C\C(=C)C(C)C)CNC(=O)CCC(=C)NC(=O)COc1ccc(Cl)c(F)c1. The van der Waals surface area contributed by atoms with Gasteiger partial charge in [0.25, 0.3) is 5.91 Å². The summed E-state index contributed by atoms with van der Waals surface area (Å²) in [6.07, 6.45) is 4.16. The first-order chi connectivity index (χ1) is 14.1. The quantitative estimate of drug-likeness (QED) is 0.468. The van der Waals surface area contributed by atoms with Crippen molar-refractivity contribution in [1.29, 1.82) is 0 Å². The van der Waals surface area contributed by atoms with Gasteiger partial charge in [-0.1, -0.05) is 62.9 Å². The number of amides is 2. The number of carbonyl (C=O) groups excluding carboxylic acids is 2. The van der Waals surface area contributed by atoms with Gasteiger partial charge in [-0.05, 0) is 30.0 Å². The van der Waals surface area contributed by atoms with Crippen molar-refractivity contribution in [1.82, 2.24) is 10.6 Å². The van der Waals surface area contributed by atoms with Crippen molar-refractivity contribution in [3.05, 3.63) is 77.8 Å². The van der Waals surface area contributed by atoms with E-state index >= 15 is 0 Å². The van der Waals surface area contributed by atoms with Crippen molar-refractivity contribution in [2.75, 3.05) is 13.2 Å². The third kappa shape index (κ3) is 10.1. The van der Waals surface area contributed by atoms with Crippen LogP contribution in [-0.2, 0) is 9.59 Å². The van der Waals surface area contributed by atoms with E-state index in [0.717, 1.165) is 17.2 Å². The minimum atomic E-state index is -0.631. The van der Waals surface area contributed by atoms with E-state index in [1.807, 2.05) is 26.0 Å². The van der Waals surface area contributed by atoms with Gasteiger partial charge in [-0.2, -0.15) is 0 Å². The van der Waals surface area contributed by atoms with Crippen molar-refractivity contribution in [3.63, 3.8) is 0 Å². The van der Waals surface area contributed by atoms with Crippen LogP contribution in [0.3, 0.4) is 0 Å². The number of hydrogen-bond acceptors (Lipinski definition) is 3. The van der Waals surface area contributed by atoms with Crippen LogP contribution < -0.4 is 15.4 Å². The number of rotatable bonds is 12. The van der Waals surface area contributed by atoms with Crippen LogP contribution in [-0.4, -0.2) is 25.0 Å². The lowest BCUT2D eigenvalue weighted by Crippen LogP contribution is -2.29. The van der Waals surface area contributed by atoms with Crippen LogP contribution in [0, 0.1) is 11.7 Å². The second kappa shape index (κ2) is 12.6. The highest BCUT2D eigenvalue weighted by Gasteiger charge is 2.08. The average molecular weight is 435 g/mol. The molecule has 2 N–H and O–H groups in total. The Morgan fingerprint density at radius 1 is 1.17 bits per heavy atom. The van der Waals surface area contributed by atoms with Crippen LogP contribution in [0.5, 0.6) is 5.75 Å². The van der Waals surface area contributed by atoms with Crippen LogP contribution in [0.4, 0.5) is 4.39 Å². The number of allylic oxidation sites excluding steroid dienone is 3. The number of hydrogen-bond donors (Lipinski definition) is 2.